The maximum absolute atomic E-state index is 13.8. The van der Waals surface area contributed by atoms with Crippen LogP contribution in [-0.4, -0.2) is 48.3 Å². The zero-order valence-electron chi connectivity index (χ0n) is 15.8. The Kier molecular flexibility index (Phi) is 7.06. The predicted molar refractivity (Wildman–Crippen MR) is 110 cm³/mol. The van der Waals surface area contributed by atoms with E-state index in [1.807, 2.05) is 19.1 Å². The summed E-state index contributed by atoms with van der Waals surface area (Å²) in [7, 11) is 0. The van der Waals surface area contributed by atoms with Crippen LogP contribution in [0.2, 0.25) is 5.02 Å². The van der Waals surface area contributed by atoms with Crippen molar-refractivity contribution in [3.8, 4) is 0 Å². The number of pyridine rings is 1. The highest BCUT2D eigenvalue weighted by Gasteiger charge is 2.25. The first-order valence-electron chi connectivity index (χ1n) is 9.41. The van der Waals surface area contributed by atoms with Crippen molar-refractivity contribution in [1.29, 1.82) is 0 Å². The minimum absolute atomic E-state index is 0.0682. The maximum atomic E-state index is 13.8. The Morgan fingerprint density at radius 1 is 1.39 bits per heavy atom. The van der Waals surface area contributed by atoms with Crippen LogP contribution in [0.4, 0.5) is 10.2 Å². The minimum Gasteiger partial charge on any atom is -0.386 e. The third-order valence-electron chi connectivity index (χ3n) is 4.60. The van der Waals surface area contributed by atoms with Crippen molar-refractivity contribution >= 4 is 23.4 Å². The van der Waals surface area contributed by atoms with E-state index in [9.17, 15) is 9.50 Å². The molecule has 0 bridgehead atoms. The van der Waals surface area contributed by atoms with Gasteiger partial charge in [-0.1, -0.05) is 29.8 Å². The van der Waals surface area contributed by atoms with Crippen LogP contribution in [0.5, 0.6) is 0 Å². The molecule has 2 unspecified atom stereocenters. The molecule has 1 aromatic heterocycles. The molecule has 1 fully saturated rings. The predicted octanol–water partition coefficient (Wildman–Crippen LogP) is 2.74. The van der Waals surface area contributed by atoms with Gasteiger partial charge in [-0.3, -0.25) is 4.99 Å². The number of aliphatic hydroxyl groups excluding tert-OH is 1. The lowest BCUT2D eigenvalue weighted by atomic mass is 10.1. The number of nitrogens with zero attached hydrogens (tertiary/aromatic N) is 3. The Bertz CT molecular complexity index is 819. The lowest BCUT2D eigenvalue weighted by Crippen LogP contribution is -2.44. The molecule has 2 aromatic rings. The Morgan fingerprint density at radius 2 is 2.21 bits per heavy atom. The zero-order chi connectivity index (χ0) is 19.9. The van der Waals surface area contributed by atoms with Gasteiger partial charge in [0.1, 0.15) is 17.7 Å². The summed E-state index contributed by atoms with van der Waals surface area (Å²) in [6.07, 6.45) is 1.65. The first kappa shape index (κ1) is 20.4. The van der Waals surface area contributed by atoms with Crippen LogP contribution in [0.1, 0.15) is 25.0 Å². The van der Waals surface area contributed by atoms with Crippen molar-refractivity contribution < 1.29 is 9.50 Å². The minimum atomic E-state index is -0.996. The molecule has 0 saturated carbocycles. The molecule has 8 heteroatoms. The van der Waals surface area contributed by atoms with Crippen LogP contribution >= 0.6 is 11.6 Å². The van der Waals surface area contributed by atoms with Crippen molar-refractivity contribution in [2.75, 3.05) is 31.1 Å². The number of nitrogens with one attached hydrogen (secondary N) is 2. The molecule has 0 amide bonds. The molecule has 3 N–H and O–H groups in total. The standard InChI is InChI=1S/C20H25ClFN5O/c1-2-23-20(25-12-18(28)15-6-3-4-8-17(15)22)26-14-9-11-27(13-14)19-16(21)7-5-10-24-19/h3-8,10,14,18,28H,2,9,11-13H2,1H3,(H2,23,25,26). The summed E-state index contributed by atoms with van der Waals surface area (Å²) in [5.74, 6) is 0.948. The molecule has 3 rings (SSSR count). The zero-order valence-corrected chi connectivity index (χ0v) is 16.5. The van der Waals surface area contributed by atoms with E-state index >= 15 is 0 Å². The van der Waals surface area contributed by atoms with Gasteiger partial charge in [0.05, 0.1) is 11.6 Å². The number of hydrogen-bond donors (Lipinski definition) is 3. The molecular formula is C20H25ClFN5O. The van der Waals surface area contributed by atoms with Gasteiger partial charge in [-0.2, -0.15) is 0 Å². The number of halogens is 2. The fourth-order valence-electron chi connectivity index (χ4n) is 3.22. The van der Waals surface area contributed by atoms with Gasteiger partial charge < -0.3 is 20.6 Å². The summed E-state index contributed by atoms with van der Waals surface area (Å²) in [4.78, 5) is 10.9. The molecule has 2 atom stereocenters. The van der Waals surface area contributed by atoms with Crippen LogP contribution in [0.15, 0.2) is 47.6 Å². The molecule has 2 heterocycles. The average Bonchev–Trinajstić information content (AvgIpc) is 3.15. The van der Waals surface area contributed by atoms with Crippen LogP contribution < -0.4 is 15.5 Å². The van der Waals surface area contributed by atoms with Crippen molar-refractivity contribution in [3.05, 3.63) is 59.0 Å². The van der Waals surface area contributed by atoms with Crippen LogP contribution in [0, 0.1) is 5.82 Å². The van der Waals surface area contributed by atoms with Crippen molar-refractivity contribution in [2.45, 2.75) is 25.5 Å². The highest BCUT2D eigenvalue weighted by molar-refractivity contribution is 6.32. The van der Waals surface area contributed by atoms with E-state index < -0.39 is 11.9 Å². The van der Waals surface area contributed by atoms with Crippen molar-refractivity contribution in [3.63, 3.8) is 0 Å². The molecule has 28 heavy (non-hydrogen) atoms. The van der Waals surface area contributed by atoms with E-state index in [-0.39, 0.29) is 18.2 Å². The lowest BCUT2D eigenvalue weighted by Gasteiger charge is -2.20. The Morgan fingerprint density at radius 3 is 2.96 bits per heavy atom. The molecule has 0 radical (unpaired) electrons. The average molecular weight is 406 g/mol. The number of guanidine groups is 1. The number of aliphatic imine (C=N–C) groups is 1. The Hall–Kier alpha value is -2.38. The largest absolute Gasteiger partial charge is 0.386 e. The first-order valence-corrected chi connectivity index (χ1v) is 9.79. The van der Waals surface area contributed by atoms with E-state index in [4.69, 9.17) is 11.6 Å². The molecule has 1 aromatic carbocycles. The summed E-state index contributed by atoms with van der Waals surface area (Å²) < 4.78 is 13.8. The summed E-state index contributed by atoms with van der Waals surface area (Å²) in [6, 6.07) is 10.0. The van der Waals surface area contributed by atoms with Crippen molar-refractivity contribution in [1.82, 2.24) is 15.6 Å². The second-order valence-corrected chi connectivity index (χ2v) is 7.05. The number of aromatic nitrogens is 1. The molecule has 0 aliphatic carbocycles. The second kappa shape index (κ2) is 9.71. The van der Waals surface area contributed by atoms with Crippen LogP contribution in [0.25, 0.3) is 0 Å². The molecular weight excluding hydrogens is 381 g/mol. The SMILES string of the molecule is CCNC(=NCC(O)c1ccccc1F)NC1CCN(c2ncccc2Cl)C1. The number of anilines is 1. The van der Waals surface area contributed by atoms with Gasteiger partial charge in [-0.25, -0.2) is 9.37 Å². The number of aliphatic hydroxyl groups is 1. The van der Waals surface area contributed by atoms with Crippen LogP contribution in [-0.2, 0) is 0 Å². The summed E-state index contributed by atoms with van der Waals surface area (Å²) >= 11 is 6.24. The van der Waals surface area contributed by atoms with Gasteiger partial charge in [-0.15, -0.1) is 0 Å². The molecule has 0 spiro atoms. The van der Waals surface area contributed by atoms with E-state index in [2.05, 4.69) is 25.5 Å². The first-order chi connectivity index (χ1) is 13.6. The Balaban J connectivity index is 1.61. The monoisotopic (exact) mass is 405 g/mol. The van der Waals surface area contributed by atoms with Gasteiger partial charge >= 0.3 is 0 Å². The normalized spacial score (nSPS) is 18.2. The van der Waals surface area contributed by atoms with Gasteiger partial charge in [0.2, 0.25) is 0 Å². The van der Waals surface area contributed by atoms with E-state index in [1.54, 1.807) is 24.4 Å². The number of hydrogen-bond acceptors (Lipinski definition) is 4. The molecule has 1 aliphatic rings. The summed E-state index contributed by atoms with van der Waals surface area (Å²) in [5.41, 5.74) is 0.249. The second-order valence-electron chi connectivity index (χ2n) is 6.64. The maximum Gasteiger partial charge on any atom is 0.191 e. The Labute approximate surface area is 169 Å². The molecule has 150 valence electrons. The fourth-order valence-corrected chi connectivity index (χ4v) is 3.46. The summed E-state index contributed by atoms with van der Waals surface area (Å²) in [5, 5.41) is 17.5. The molecule has 1 saturated heterocycles. The lowest BCUT2D eigenvalue weighted by molar-refractivity contribution is 0.182. The third kappa shape index (κ3) is 5.11. The van der Waals surface area contributed by atoms with Gasteiger partial charge in [0.25, 0.3) is 0 Å². The third-order valence-corrected chi connectivity index (χ3v) is 4.89. The van der Waals surface area contributed by atoms with Gasteiger partial charge in [0, 0.05) is 37.4 Å². The van der Waals surface area contributed by atoms with Gasteiger partial charge in [0.15, 0.2) is 5.96 Å². The van der Waals surface area contributed by atoms with E-state index in [1.165, 1.54) is 6.07 Å². The quantitative estimate of drug-likeness (QED) is 0.509. The number of benzene rings is 1. The highest BCUT2D eigenvalue weighted by Crippen LogP contribution is 2.25. The topological polar surface area (TPSA) is 72.8 Å². The van der Waals surface area contributed by atoms with Gasteiger partial charge in [-0.05, 0) is 31.5 Å². The van der Waals surface area contributed by atoms with E-state index in [0.717, 1.165) is 25.3 Å². The van der Waals surface area contributed by atoms with E-state index in [0.29, 0.717) is 17.5 Å². The van der Waals surface area contributed by atoms with Crippen molar-refractivity contribution in [2.24, 2.45) is 4.99 Å². The molecule has 1 aliphatic heterocycles. The van der Waals surface area contributed by atoms with Crippen LogP contribution in [0.3, 0.4) is 0 Å². The highest BCUT2D eigenvalue weighted by atomic mass is 35.5. The molecule has 6 nitrogen and oxygen atoms in total. The smallest absolute Gasteiger partial charge is 0.191 e. The summed E-state index contributed by atoms with van der Waals surface area (Å²) in [6.45, 7) is 4.31. The fraction of sp³-hybridized carbons (Fsp3) is 0.400. The number of rotatable bonds is 6.